The first-order valence-corrected chi connectivity index (χ1v) is 10.5. The molecule has 0 spiro atoms. The van der Waals surface area contributed by atoms with Gasteiger partial charge < -0.3 is 4.42 Å². The Kier molecular flexibility index (Phi) is 2.18. The summed E-state index contributed by atoms with van der Waals surface area (Å²) in [7, 11) is 1.69. The summed E-state index contributed by atoms with van der Waals surface area (Å²) in [5, 5.41) is 1.19. The molecule has 1 aliphatic carbocycles. The number of rotatable bonds is 2. The molecule has 0 aliphatic heterocycles. The summed E-state index contributed by atoms with van der Waals surface area (Å²) in [4.78, 5) is 4.19. The van der Waals surface area contributed by atoms with E-state index in [0.717, 1.165) is 0 Å². The molecule has 33 heavy (non-hydrogen) atoms. The van der Waals surface area contributed by atoms with Gasteiger partial charge in [0.25, 0.3) is 0 Å². The molecule has 2 aromatic carbocycles. The summed E-state index contributed by atoms with van der Waals surface area (Å²) >= 11 is 0. The predicted molar refractivity (Wildman–Crippen MR) is 135 cm³/mol. The summed E-state index contributed by atoms with van der Waals surface area (Å²) in [5.41, 5.74) is 0.380. The maximum Gasteiger partial charge on any atom is 0.216 e. The maximum atomic E-state index is 8.73. The lowest BCUT2D eigenvalue weighted by molar-refractivity contribution is -0.660. The Morgan fingerprint density at radius 1 is 1.00 bits per heavy atom. The molecular weight excluding hydrogens is 404 g/mol. The summed E-state index contributed by atoms with van der Waals surface area (Å²) < 4.78 is 116. The molecule has 0 saturated carbocycles. The molecule has 0 N–H and O–H groups in total. The number of pyridine rings is 2. The van der Waals surface area contributed by atoms with E-state index in [1.165, 1.54) is 42.9 Å². The lowest BCUT2D eigenvalue weighted by Crippen LogP contribution is -2.31. The van der Waals surface area contributed by atoms with E-state index in [-0.39, 0.29) is 22.3 Å². The van der Waals surface area contributed by atoms with E-state index in [1.807, 2.05) is 12.1 Å². The first-order valence-electron chi connectivity index (χ1n) is 17.0. The van der Waals surface area contributed by atoms with E-state index >= 15 is 0 Å². The molecule has 3 heteroatoms. The Morgan fingerprint density at radius 3 is 2.58 bits per heavy atom. The van der Waals surface area contributed by atoms with E-state index in [4.69, 9.17) is 22.2 Å². The molecule has 5 aromatic rings. The van der Waals surface area contributed by atoms with Crippen LogP contribution in [0.3, 0.4) is 0 Å². The van der Waals surface area contributed by atoms with Gasteiger partial charge in [0.2, 0.25) is 5.69 Å². The van der Waals surface area contributed by atoms with Crippen molar-refractivity contribution in [3.8, 4) is 22.4 Å². The van der Waals surface area contributed by atoms with Crippen LogP contribution in [-0.2, 0) is 12.5 Å². The quantitative estimate of drug-likeness (QED) is 0.268. The average molecular weight is 447 g/mol. The minimum atomic E-state index is -3.18. The molecule has 0 saturated heterocycles. The van der Waals surface area contributed by atoms with Crippen LogP contribution >= 0.6 is 0 Å². The third-order valence-electron chi connectivity index (χ3n) is 6.61. The van der Waals surface area contributed by atoms with Crippen molar-refractivity contribution in [2.24, 2.45) is 7.05 Å². The molecule has 0 amide bonds. The summed E-state index contributed by atoms with van der Waals surface area (Å²) in [6.07, 6.45) is 4.30. The van der Waals surface area contributed by atoms with Crippen molar-refractivity contribution >= 4 is 21.9 Å². The third kappa shape index (κ3) is 2.68. The van der Waals surface area contributed by atoms with Gasteiger partial charge in [0.15, 0.2) is 6.20 Å². The molecular formula is C30H29N2O+. The van der Waals surface area contributed by atoms with Crippen LogP contribution in [0.15, 0.2) is 65.5 Å². The highest BCUT2D eigenvalue weighted by Gasteiger charge is 2.38. The fourth-order valence-corrected chi connectivity index (χ4v) is 4.94. The Labute approximate surface area is 213 Å². The zero-order valence-electron chi connectivity index (χ0n) is 31.1. The largest absolute Gasteiger partial charge is 0.454 e. The molecule has 0 atom stereocenters. The first kappa shape index (κ1) is 10.6. The van der Waals surface area contributed by atoms with E-state index in [1.54, 1.807) is 24.6 Å². The summed E-state index contributed by atoms with van der Waals surface area (Å²) in [6, 6.07) is 10.9. The minimum Gasteiger partial charge on any atom is -0.454 e. The van der Waals surface area contributed by atoms with Gasteiger partial charge in [-0.2, -0.15) is 0 Å². The number of furan rings is 1. The fraction of sp³-hybridized carbons (Fsp3) is 0.267. The second-order valence-corrected chi connectivity index (χ2v) is 8.56. The Balaban J connectivity index is 1.71. The van der Waals surface area contributed by atoms with Crippen LogP contribution in [0.4, 0.5) is 0 Å². The van der Waals surface area contributed by atoms with E-state index in [2.05, 4.69) is 4.98 Å². The highest BCUT2D eigenvalue weighted by atomic mass is 16.3. The van der Waals surface area contributed by atoms with Gasteiger partial charge >= 0.3 is 0 Å². The normalized spacial score (nSPS) is 21.9. The van der Waals surface area contributed by atoms with Crippen LogP contribution in [-0.4, -0.2) is 4.98 Å². The first-order chi connectivity index (χ1) is 21.1. The number of nitrogens with zero attached hydrogens (tertiary/aromatic N) is 2. The van der Waals surface area contributed by atoms with Gasteiger partial charge in [-0.15, -0.1) is 0 Å². The minimum absolute atomic E-state index is 0.0715. The van der Waals surface area contributed by atoms with Crippen LogP contribution in [0.25, 0.3) is 44.3 Å². The van der Waals surface area contributed by atoms with Crippen LogP contribution in [0.2, 0.25) is 0 Å². The molecule has 3 heterocycles. The van der Waals surface area contributed by atoms with E-state index < -0.39 is 38.7 Å². The van der Waals surface area contributed by atoms with Crippen molar-refractivity contribution < 1.29 is 26.8 Å². The van der Waals surface area contributed by atoms with Crippen LogP contribution in [0.1, 0.15) is 73.4 Å². The van der Waals surface area contributed by atoms with E-state index in [9.17, 15) is 0 Å². The van der Waals surface area contributed by atoms with Gasteiger partial charge in [-0.25, -0.2) is 4.57 Å². The third-order valence-corrected chi connectivity index (χ3v) is 6.61. The number of aryl methyl sites for hydroxylation is 2. The van der Waals surface area contributed by atoms with Crippen molar-refractivity contribution in [1.29, 1.82) is 0 Å². The second-order valence-electron chi connectivity index (χ2n) is 8.56. The van der Waals surface area contributed by atoms with Gasteiger partial charge in [0, 0.05) is 69.7 Å². The number of fused-ring (bicyclic) bond motifs is 7. The molecule has 164 valence electrons. The van der Waals surface area contributed by atoms with Crippen molar-refractivity contribution in [3.05, 3.63) is 83.3 Å². The van der Waals surface area contributed by atoms with Gasteiger partial charge in [-0.3, -0.25) is 4.98 Å². The molecule has 0 fully saturated rings. The Morgan fingerprint density at radius 2 is 1.79 bits per heavy atom. The molecule has 0 radical (unpaired) electrons. The maximum absolute atomic E-state index is 8.73. The lowest BCUT2D eigenvalue weighted by atomic mass is 9.82. The molecule has 3 aromatic heterocycles. The smallest absolute Gasteiger partial charge is 0.216 e. The zero-order valence-corrected chi connectivity index (χ0v) is 18.1. The number of benzene rings is 2. The standard InChI is InChI=1S/C30H29N2O/c1-17(2)19-12-14-32(6)25(15-19)26-18(3)7-8-20-21-9-10-24-27(29(21)33-28(20)26)22-16-31-13-11-23(22)30(24,4)5/h7-17H,1-6H3/q+1/i1D3,2D3,4D3,5D3,17D. The van der Waals surface area contributed by atoms with Gasteiger partial charge in [-0.1, -0.05) is 51.7 Å². The average Bonchev–Trinajstić information content (AvgIpc) is 3.45. The number of hydrogen-bond acceptors (Lipinski definition) is 2. The predicted octanol–water partition coefficient (Wildman–Crippen LogP) is 7.21. The fourth-order valence-electron chi connectivity index (χ4n) is 4.94. The Hall–Kier alpha value is -3.46. The molecule has 0 unspecified atom stereocenters. The number of hydrogen-bond donors (Lipinski definition) is 0. The van der Waals surface area contributed by atoms with E-state index in [0.29, 0.717) is 44.3 Å². The van der Waals surface area contributed by atoms with Crippen molar-refractivity contribution in [1.82, 2.24) is 4.98 Å². The monoisotopic (exact) mass is 446 g/mol. The second kappa shape index (κ2) is 6.77. The van der Waals surface area contributed by atoms with Crippen molar-refractivity contribution in [2.75, 3.05) is 0 Å². The topological polar surface area (TPSA) is 29.9 Å². The summed E-state index contributed by atoms with van der Waals surface area (Å²) in [6.45, 7) is -10.5. The molecule has 3 nitrogen and oxygen atoms in total. The van der Waals surface area contributed by atoms with Gasteiger partial charge in [0.05, 0.1) is 5.56 Å². The van der Waals surface area contributed by atoms with Gasteiger partial charge in [-0.05, 0) is 41.1 Å². The zero-order chi connectivity index (χ0) is 34.0. The lowest BCUT2D eigenvalue weighted by Gasteiger charge is -2.20. The highest BCUT2D eigenvalue weighted by Crippen LogP contribution is 2.52. The molecule has 1 aliphatic rings. The van der Waals surface area contributed by atoms with Gasteiger partial charge in [0.1, 0.15) is 18.2 Å². The van der Waals surface area contributed by atoms with Crippen LogP contribution in [0, 0.1) is 6.92 Å². The van der Waals surface area contributed by atoms with Crippen LogP contribution < -0.4 is 4.57 Å². The van der Waals surface area contributed by atoms with Crippen molar-refractivity contribution in [2.45, 2.75) is 45.6 Å². The molecule has 6 rings (SSSR count). The SMILES string of the molecule is [2H]C([2H])([2H])C([2H])(c1cc[n+](C)c(-c2c(C)ccc3c2oc2c4c(ccc23)C(C([2H])([2H])[2H])(C([2H])([2H])[2H])c2ccncc2-4)c1)C([2H])([2H])[2H]. The van der Waals surface area contributed by atoms with Crippen molar-refractivity contribution in [3.63, 3.8) is 0 Å². The number of aromatic nitrogens is 2. The Bertz CT molecular complexity index is 2020. The highest BCUT2D eigenvalue weighted by molar-refractivity contribution is 6.14. The van der Waals surface area contributed by atoms with Crippen LogP contribution in [0.5, 0.6) is 0 Å². The summed E-state index contributed by atoms with van der Waals surface area (Å²) in [5.74, 6) is -2.93. The molecule has 0 bridgehead atoms.